The van der Waals surface area contributed by atoms with Crippen LogP contribution in [0.1, 0.15) is 31.4 Å². The molecular formula is C20H29N3O3. The van der Waals surface area contributed by atoms with E-state index in [9.17, 15) is 0 Å². The van der Waals surface area contributed by atoms with Gasteiger partial charge in [0.1, 0.15) is 6.61 Å². The first kappa shape index (κ1) is 17.8. The quantitative estimate of drug-likeness (QED) is 0.637. The van der Waals surface area contributed by atoms with Crippen LogP contribution >= 0.6 is 0 Å². The molecule has 4 rings (SSSR count). The molecule has 1 atom stereocenters. The summed E-state index contributed by atoms with van der Waals surface area (Å²) in [5, 5.41) is 3.23. The second-order valence-corrected chi connectivity index (χ2v) is 8.23. The fraction of sp³-hybridized carbons (Fsp3) is 0.650. The predicted molar refractivity (Wildman–Crippen MR) is 101 cm³/mol. The Labute approximate surface area is 155 Å². The number of nitrogens with zero attached hydrogens (tertiary/aromatic N) is 1. The van der Waals surface area contributed by atoms with E-state index in [-0.39, 0.29) is 11.3 Å². The minimum absolute atomic E-state index is 0.133. The molecule has 1 aromatic carbocycles. The normalized spacial score (nSPS) is 25.0. The summed E-state index contributed by atoms with van der Waals surface area (Å²) in [6, 6.07) is 6.46. The van der Waals surface area contributed by atoms with Crippen molar-refractivity contribution in [2.24, 2.45) is 22.1 Å². The summed E-state index contributed by atoms with van der Waals surface area (Å²) < 4.78 is 17.5. The molecule has 0 amide bonds. The lowest BCUT2D eigenvalue weighted by Gasteiger charge is -2.37. The number of ether oxygens (including phenoxy) is 3. The average molecular weight is 359 g/mol. The maximum absolute atomic E-state index is 6.15. The summed E-state index contributed by atoms with van der Waals surface area (Å²) in [7, 11) is 0. The standard InChI is InChI=1S/C20H29N3O3/c1-19(2,17-11-24-13-20(17)25-8-9-26-20)12-22-18(21)23-16-7-6-14-4-3-5-15(14)10-16/h6-7,10,17H,3-5,8-9,11-13H2,1-2H3,(H3,21,22,23). The Balaban J connectivity index is 1.41. The molecule has 6 heteroatoms. The number of aryl methyl sites for hydroxylation is 2. The van der Waals surface area contributed by atoms with Crippen molar-refractivity contribution in [1.82, 2.24) is 0 Å². The Morgan fingerprint density at radius 2 is 2.04 bits per heavy atom. The molecule has 1 aliphatic carbocycles. The van der Waals surface area contributed by atoms with Crippen molar-refractivity contribution in [2.75, 3.05) is 38.3 Å². The molecule has 6 nitrogen and oxygen atoms in total. The lowest BCUT2D eigenvalue weighted by Crippen LogP contribution is -2.47. The van der Waals surface area contributed by atoms with E-state index in [0.717, 1.165) is 12.1 Å². The van der Waals surface area contributed by atoms with Gasteiger partial charge in [-0.2, -0.15) is 0 Å². The lowest BCUT2D eigenvalue weighted by atomic mass is 9.75. The zero-order valence-corrected chi connectivity index (χ0v) is 15.7. The summed E-state index contributed by atoms with van der Waals surface area (Å²) in [5.41, 5.74) is 9.88. The van der Waals surface area contributed by atoms with E-state index in [1.54, 1.807) is 0 Å². The number of guanidine groups is 1. The molecule has 142 valence electrons. The smallest absolute Gasteiger partial charge is 0.197 e. The van der Waals surface area contributed by atoms with Crippen LogP contribution in [0.25, 0.3) is 0 Å². The maximum atomic E-state index is 6.15. The second kappa shape index (κ2) is 6.83. The molecule has 2 saturated heterocycles. The Kier molecular flexibility index (Phi) is 4.67. The molecular weight excluding hydrogens is 330 g/mol. The number of nitrogens with one attached hydrogen (secondary N) is 1. The fourth-order valence-corrected chi connectivity index (χ4v) is 4.36. The number of hydrogen-bond donors (Lipinski definition) is 2. The minimum Gasteiger partial charge on any atom is -0.375 e. The molecule has 3 N–H and O–H groups in total. The molecule has 26 heavy (non-hydrogen) atoms. The number of hydrogen-bond acceptors (Lipinski definition) is 4. The molecule has 0 bridgehead atoms. The SMILES string of the molecule is CC(C)(CN=C(N)Nc1ccc2c(c1)CCC2)C1COCC12OCCO2. The summed E-state index contributed by atoms with van der Waals surface area (Å²) in [5.74, 6) is -0.0347. The van der Waals surface area contributed by atoms with Crippen LogP contribution < -0.4 is 11.1 Å². The van der Waals surface area contributed by atoms with E-state index in [0.29, 0.717) is 38.9 Å². The van der Waals surface area contributed by atoms with Crippen molar-refractivity contribution in [1.29, 1.82) is 0 Å². The van der Waals surface area contributed by atoms with Gasteiger partial charge in [0.05, 0.1) is 19.8 Å². The van der Waals surface area contributed by atoms with E-state index in [2.05, 4.69) is 42.4 Å². The van der Waals surface area contributed by atoms with Crippen LogP contribution in [0.2, 0.25) is 0 Å². The summed E-state index contributed by atoms with van der Waals surface area (Å²) >= 11 is 0. The lowest BCUT2D eigenvalue weighted by molar-refractivity contribution is -0.196. The highest BCUT2D eigenvalue weighted by atomic mass is 16.8. The highest BCUT2D eigenvalue weighted by Gasteiger charge is 2.55. The van der Waals surface area contributed by atoms with Gasteiger partial charge in [-0.3, -0.25) is 4.99 Å². The third-order valence-corrected chi connectivity index (χ3v) is 5.87. The predicted octanol–water partition coefficient (Wildman–Crippen LogP) is 2.32. The van der Waals surface area contributed by atoms with Gasteiger partial charge in [0.2, 0.25) is 0 Å². The van der Waals surface area contributed by atoms with Crippen molar-refractivity contribution in [2.45, 2.75) is 38.9 Å². The number of anilines is 1. The zero-order valence-electron chi connectivity index (χ0n) is 15.7. The first-order valence-electron chi connectivity index (χ1n) is 9.53. The van der Waals surface area contributed by atoms with Gasteiger partial charge in [-0.1, -0.05) is 19.9 Å². The number of nitrogens with two attached hydrogens (primary N) is 1. The molecule has 1 unspecified atom stereocenters. The molecule has 2 aliphatic heterocycles. The van der Waals surface area contributed by atoms with Crippen LogP contribution in [-0.4, -0.2) is 44.7 Å². The largest absolute Gasteiger partial charge is 0.375 e. The Bertz CT molecular complexity index is 690. The fourth-order valence-electron chi connectivity index (χ4n) is 4.36. The molecule has 2 fully saturated rings. The van der Waals surface area contributed by atoms with Crippen LogP contribution in [0.4, 0.5) is 5.69 Å². The van der Waals surface area contributed by atoms with Crippen LogP contribution in [0.5, 0.6) is 0 Å². The van der Waals surface area contributed by atoms with Gasteiger partial charge < -0.3 is 25.3 Å². The van der Waals surface area contributed by atoms with Gasteiger partial charge in [0.25, 0.3) is 0 Å². The second-order valence-electron chi connectivity index (χ2n) is 8.23. The maximum Gasteiger partial charge on any atom is 0.197 e. The molecule has 3 aliphatic rings. The molecule has 0 aromatic heterocycles. The van der Waals surface area contributed by atoms with Crippen molar-refractivity contribution < 1.29 is 14.2 Å². The molecule has 2 heterocycles. The first-order valence-corrected chi connectivity index (χ1v) is 9.53. The first-order chi connectivity index (χ1) is 12.5. The van der Waals surface area contributed by atoms with Crippen LogP contribution in [0.15, 0.2) is 23.2 Å². The van der Waals surface area contributed by atoms with Crippen LogP contribution in [0.3, 0.4) is 0 Å². The summed E-state index contributed by atoms with van der Waals surface area (Å²) in [6.45, 7) is 7.30. The van der Waals surface area contributed by atoms with E-state index in [1.165, 1.54) is 24.0 Å². The monoisotopic (exact) mass is 359 g/mol. The third kappa shape index (κ3) is 3.33. The number of benzene rings is 1. The average Bonchev–Trinajstić information content (AvgIpc) is 3.35. The zero-order chi connectivity index (χ0) is 18.2. The van der Waals surface area contributed by atoms with E-state index < -0.39 is 5.79 Å². The topological polar surface area (TPSA) is 78.1 Å². The number of fused-ring (bicyclic) bond motifs is 1. The van der Waals surface area contributed by atoms with Crippen molar-refractivity contribution in [3.63, 3.8) is 0 Å². The Morgan fingerprint density at radius 3 is 2.85 bits per heavy atom. The van der Waals surface area contributed by atoms with Crippen LogP contribution in [-0.2, 0) is 27.1 Å². The third-order valence-electron chi connectivity index (χ3n) is 5.87. The van der Waals surface area contributed by atoms with Gasteiger partial charge in [-0.25, -0.2) is 0 Å². The van der Waals surface area contributed by atoms with Crippen LogP contribution in [0, 0.1) is 11.3 Å². The summed E-state index contributed by atoms with van der Waals surface area (Å²) in [6.07, 6.45) is 3.58. The van der Waals surface area contributed by atoms with Gasteiger partial charge in [-0.15, -0.1) is 0 Å². The molecule has 1 aromatic rings. The minimum atomic E-state index is -0.610. The number of aliphatic imine (C=N–C) groups is 1. The van der Waals surface area contributed by atoms with Gasteiger partial charge in [-0.05, 0) is 47.9 Å². The molecule has 0 saturated carbocycles. The van der Waals surface area contributed by atoms with E-state index >= 15 is 0 Å². The summed E-state index contributed by atoms with van der Waals surface area (Å²) in [4.78, 5) is 4.60. The van der Waals surface area contributed by atoms with Crippen molar-refractivity contribution in [3.8, 4) is 0 Å². The van der Waals surface area contributed by atoms with Crippen molar-refractivity contribution in [3.05, 3.63) is 29.3 Å². The van der Waals surface area contributed by atoms with Gasteiger partial charge in [0, 0.05) is 18.2 Å². The van der Waals surface area contributed by atoms with E-state index in [4.69, 9.17) is 19.9 Å². The highest BCUT2D eigenvalue weighted by molar-refractivity contribution is 5.92. The van der Waals surface area contributed by atoms with E-state index in [1.807, 2.05) is 0 Å². The van der Waals surface area contributed by atoms with Gasteiger partial charge >= 0.3 is 0 Å². The molecule has 0 radical (unpaired) electrons. The van der Waals surface area contributed by atoms with Crippen molar-refractivity contribution >= 4 is 11.6 Å². The highest BCUT2D eigenvalue weighted by Crippen LogP contribution is 2.44. The number of rotatable bonds is 4. The Hall–Kier alpha value is -1.63. The Morgan fingerprint density at radius 1 is 1.27 bits per heavy atom. The van der Waals surface area contributed by atoms with Gasteiger partial charge in [0.15, 0.2) is 11.7 Å². The molecule has 1 spiro atoms.